The zero-order valence-corrected chi connectivity index (χ0v) is 9.90. The molecule has 1 saturated carbocycles. The van der Waals surface area contributed by atoms with Crippen LogP contribution >= 0.6 is 0 Å². The van der Waals surface area contributed by atoms with Crippen LogP contribution in [0.2, 0.25) is 0 Å². The SMILES string of the molecule is O=C(O)c1cc(NC2(C(F)(F)F)CC2)ccc1[N+](=O)[O-]. The highest BCUT2D eigenvalue weighted by molar-refractivity contribution is 5.93. The third-order valence-corrected chi connectivity index (χ3v) is 3.10. The van der Waals surface area contributed by atoms with E-state index in [1.807, 2.05) is 0 Å². The van der Waals surface area contributed by atoms with E-state index in [4.69, 9.17) is 5.11 Å². The number of carboxylic acids is 1. The van der Waals surface area contributed by atoms with Gasteiger partial charge in [-0.25, -0.2) is 4.79 Å². The Kier molecular flexibility index (Phi) is 3.07. The number of nitrogens with zero attached hydrogens (tertiary/aromatic N) is 1. The molecule has 0 heterocycles. The predicted octanol–water partition coefficient (Wildman–Crippen LogP) is 2.80. The Balaban J connectivity index is 2.34. The maximum Gasteiger partial charge on any atom is 0.411 e. The number of carbonyl (C=O) groups is 1. The molecule has 0 amide bonds. The van der Waals surface area contributed by atoms with Crippen molar-refractivity contribution in [3.05, 3.63) is 33.9 Å². The smallest absolute Gasteiger partial charge is 0.411 e. The zero-order valence-electron chi connectivity index (χ0n) is 9.90. The van der Waals surface area contributed by atoms with Gasteiger partial charge in [0.05, 0.1) is 4.92 Å². The van der Waals surface area contributed by atoms with E-state index in [2.05, 4.69) is 5.32 Å². The zero-order chi connectivity index (χ0) is 15.1. The van der Waals surface area contributed by atoms with Gasteiger partial charge in [-0.05, 0) is 25.0 Å². The van der Waals surface area contributed by atoms with Crippen molar-refractivity contribution in [2.75, 3.05) is 5.32 Å². The maximum atomic E-state index is 12.8. The van der Waals surface area contributed by atoms with Crippen LogP contribution in [0.4, 0.5) is 24.5 Å². The number of rotatable bonds is 4. The predicted molar refractivity (Wildman–Crippen MR) is 61.7 cm³/mol. The van der Waals surface area contributed by atoms with Gasteiger partial charge in [0.15, 0.2) is 0 Å². The molecular formula is C11H9F3N2O4. The molecule has 2 rings (SSSR count). The van der Waals surface area contributed by atoms with Crippen molar-refractivity contribution in [2.45, 2.75) is 24.6 Å². The quantitative estimate of drug-likeness (QED) is 0.657. The number of carboxylic acid groups (broad SMARTS) is 1. The van der Waals surface area contributed by atoms with E-state index in [1.54, 1.807) is 0 Å². The molecule has 1 aromatic carbocycles. The lowest BCUT2D eigenvalue weighted by molar-refractivity contribution is -0.385. The Labute approximate surface area is 110 Å². The van der Waals surface area contributed by atoms with Crippen LogP contribution in [0.1, 0.15) is 23.2 Å². The molecule has 0 spiro atoms. The molecule has 0 unspecified atom stereocenters. The molecule has 0 atom stereocenters. The second-order valence-electron chi connectivity index (χ2n) is 4.50. The van der Waals surface area contributed by atoms with E-state index < -0.39 is 33.9 Å². The summed E-state index contributed by atoms with van der Waals surface area (Å²) in [6.45, 7) is 0. The van der Waals surface area contributed by atoms with Gasteiger partial charge in [0, 0.05) is 11.8 Å². The van der Waals surface area contributed by atoms with E-state index in [-0.39, 0.29) is 18.5 Å². The van der Waals surface area contributed by atoms with Crippen LogP contribution in [0.25, 0.3) is 0 Å². The van der Waals surface area contributed by atoms with Gasteiger partial charge in [-0.2, -0.15) is 13.2 Å². The van der Waals surface area contributed by atoms with E-state index in [9.17, 15) is 28.1 Å². The van der Waals surface area contributed by atoms with Crippen molar-refractivity contribution in [1.82, 2.24) is 0 Å². The Bertz CT molecular complexity index is 582. The molecule has 1 aromatic rings. The van der Waals surface area contributed by atoms with E-state index >= 15 is 0 Å². The fourth-order valence-electron chi connectivity index (χ4n) is 1.82. The molecule has 1 fully saturated rings. The van der Waals surface area contributed by atoms with Crippen LogP contribution in [0, 0.1) is 10.1 Å². The van der Waals surface area contributed by atoms with Crippen molar-refractivity contribution in [3.8, 4) is 0 Å². The Morgan fingerprint density at radius 3 is 2.40 bits per heavy atom. The highest BCUT2D eigenvalue weighted by atomic mass is 19.4. The summed E-state index contributed by atoms with van der Waals surface area (Å²) in [7, 11) is 0. The number of nitrogens with one attached hydrogen (secondary N) is 1. The lowest BCUT2D eigenvalue weighted by Crippen LogP contribution is -2.38. The minimum Gasteiger partial charge on any atom is -0.477 e. The van der Waals surface area contributed by atoms with Gasteiger partial charge in [0.2, 0.25) is 0 Å². The van der Waals surface area contributed by atoms with E-state index in [1.165, 1.54) is 0 Å². The molecule has 6 nitrogen and oxygen atoms in total. The number of anilines is 1. The minimum atomic E-state index is -4.46. The summed E-state index contributed by atoms with van der Waals surface area (Å²) in [6, 6.07) is 2.78. The Morgan fingerprint density at radius 2 is 2.00 bits per heavy atom. The van der Waals surface area contributed by atoms with Gasteiger partial charge in [-0.3, -0.25) is 10.1 Å². The summed E-state index contributed by atoms with van der Waals surface area (Å²) < 4.78 is 38.3. The first-order chi connectivity index (χ1) is 9.16. The summed E-state index contributed by atoms with van der Waals surface area (Å²) in [6.07, 6.45) is -4.69. The van der Waals surface area contributed by atoms with Crippen molar-refractivity contribution in [2.24, 2.45) is 0 Å². The van der Waals surface area contributed by atoms with E-state index in [0.717, 1.165) is 18.2 Å². The van der Waals surface area contributed by atoms with Crippen LogP contribution in [0.3, 0.4) is 0 Å². The van der Waals surface area contributed by atoms with Gasteiger partial charge < -0.3 is 10.4 Å². The summed E-state index contributed by atoms with van der Waals surface area (Å²) in [5, 5.41) is 21.7. The topological polar surface area (TPSA) is 92.5 Å². The largest absolute Gasteiger partial charge is 0.477 e. The monoisotopic (exact) mass is 290 g/mol. The highest BCUT2D eigenvalue weighted by Crippen LogP contribution is 2.51. The second kappa shape index (κ2) is 4.36. The number of nitro groups is 1. The molecule has 0 radical (unpaired) electrons. The third-order valence-electron chi connectivity index (χ3n) is 3.10. The average molecular weight is 290 g/mol. The van der Waals surface area contributed by atoms with Gasteiger partial charge in [0.1, 0.15) is 11.1 Å². The number of hydrogen-bond donors (Lipinski definition) is 2. The molecule has 2 N–H and O–H groups in total. The van der Waals surface area contributed by atoms with Crippen LogP contribution in [0.15, 0.2) is 18.2 Å². The van der Waals surface area contributed by atoms with Gasteiger partial charge in [0.25, 0.3) is 5.69 Å². The first kappa shape index (κ1) is 14.1. The minimum absolute atomic E-state index is 0.108. The number of benzene rings is 1. The van der Waals surface area contributed by atoms with Crippen LogP contribution in [-0.2, 0) is 0 Å². The molecule has 108 valence electrons. The van der Waals surface area contributed by atoms with Crippen LogP contribution < -0.4 is 5.32 Å². The summed E-state index contributed by atoms with van der Waals surface area (Å²) in [5.41, 5.74) is -3.49. The van der Waals surface area contributed by atoms with Gasteiger partial charge >= 0.3 is 12.1 Å². The fraction of sp³-hybridized carbons (Fsp3) is 0.364. The molecule has 0 aromatic heterocycles. The molecule has 20 heavy (non-hydrogen) atoms. The summed E-state index contributed by atoms with van der Waals surface area (Å²) >= 11 is 0. The summed E-state index contributed by atoms with van der Waals surface area (Å²) in [4.78, 5) is 20.6. The number of aromatic carboxylic acids is 1. The average Bonchev–Trinajstić information content (AvgIpc) is 3.08. The van der Waals surface area contributed by atoms with Crippen molar-refractivity contribution >= 4 is 17.3 Å². The third kappa shape index (κ3) is 2.38. The molecule has 0 aliphatic heterocycles. The molecule has 1 aliphatic carbocycles. The van der Waals surface area contributed by atoms with Crippen molar-refractivity contribution in [3.63, 3.8) is 0 Å². The summed E-state index contributed by atoms with van der Waals surface area (Å²) in [5.74, 6) is -1.57. The van der Waals surface area contributed by atoms with Gasteiger partial charge in [-0.15, -0.1) is 0 Å². The van der Waals surface area contributed by atoms with Crippen LogP contribution in [0.5, 0.6) is 0 Å². The lowest BCUT2D eigenvalue weighted by atomic mass is 10.1. The second-order valence-corrected chi connectivity index (χ2v) is 4.50. The number of hydrogen-bond acceptors (Lipinski definition) is 4. The van der Waals surface area contributed by atoms with Crippen molar-refractivity contribution in [1.29, 1.82) is 0 Å². The first-order valence-corrected chi connectivity index (χ1v) is 5.53. The standard InChI is InChI=1S/C11H9F3N2O4/c12-11(13,14)10(3-4-10)15-6-1-2-8(16(19)20)7(5-6)9(17)18/h1-2,5,15H,3-4H2,(H,17,18). The maximum absolute atomic E-state index is 12.8. The lowest BCUT2D eigenvalue weighted by Gasteiger charge is -2.22. The highest BCUT2D eigenvalue weighted by Gasteiger charge is 2.63. The Morgan fingerprint density at radius 1 is 1.40 bits per heavy atom. The molecule has 9 heteroatoms. The Hall–Kier alpha value is -2.32. The molecule has 1 aliphatic rings. The first-order valence-electron chi connectivity index (χ1n) is 5.53. The number of alkyl halides is 3. The molecular weight excluding hydrogens is 281 g/mol. The van der Waals surface area contributed by atoms with Gasteiger partial charge in [-0.1, -0.05) is 0 Å². The normalized spacial score (nSPS) is 16.6. The number of halogens is 3. The molecule has 0 saturated heterocycles. The fourth-order valence-corrected chi connectivity index (χ4v) is 1.82. The van der Waals surface area contributed by atoms with Crippen molar-refractivity contribution < 1.29 is 28.0 Å². The van der Waals surface area contributed by atoms with E-state index in [0.29, 0.717) is 0 Å². The molecule has 0 bridgehead atoms. The van der Waals surface area contributed by atoms with Crippen LogP contribution in [-0.4, -0.2) is 27.7 Å². The number of nitro benzene ring substituents is 1.